The number of ether oxygens (including phenoxy) is 1. The number of aliphatic hydroxyl groups is 1. The summed E-state index contributed by atoms with van der Waals surface area (Å²) in [5, 5.41) is 9.11. The average molecular weight is 250 g/mol. The number of anilines is 1. The predicted octanol–water partition coefficient (Wildman–Crippen LogP) is -0.984. The third-order valence-electron chi connectivity index (χ3n) is 3.10. The van der Waals surface area contributed by atoms with E-state index in [4.69, 9.17) is 21.3 Å². The summed E-state index contributed by atoms with van der Waals surface area (Å²) in [5.41, 5.74) is 12.8. The Kier molecular flexibility index (Phi) is 2.62. The first-order valence-corrected chi connectivity index (χ1v) is 5.65. The van der Waals surface area contributed by atoms with Crippen LogP contribution in [0.3, 0.4) is 0 Å². The summed E-state index contributed by atoms with van der Waals surface area (Å²) < 4.78 is 7.39. The highest BCUT2D eigenvalue weighted by Crippen LogP contribution is 2.29. The van der Waals surface area contributed by atoms with E-state index in [9.17, 15) is 0 Å². The fourth-order valence-corrected chi connectivity index (χ4v) is 2.22. The molecule has 18 heavy (non-hydrogen) atoms. The summed E-state index contributed by atoms with van der Waals surface area (Å²) >= 11 is 0. The van der Waals surface area contributed by atoms with Crippen LogP contribution in [0, 0.1) is 0 Å². The number of aromatic nitrogens is 4. The molecule has 96 valence electrons. The number of rotatable bonds is 2. The summed E-state index contributed by atoms with van der Waals surface area (Å²) in [5.74, 6) is 0.323. The molecule has 2 aromatic heterocycles. The Morgan fingerprint density at radius 2 is 2.28 bits per heavy atom. The quantitative estimate of drug-likeness (QED) is 0.625. The molecule has 5 N–H and O–H groups in total. The summed E-state index contributed by atoms with van der Waals surface area (Å²) in [4.78, 5) is 12.2. The molecule has 3 heterocycles. The summed E-state index contributed by atoms with van der Waals surface area (Å²) in [6, 6.07) is -0.212. The highest BCUT2D eigenvalue weighted by molar-refractivity contribution is 5.81. The van der Waals surface area contributed by atoms with Crippen LogP contribution >= 0.6 is 0 Å². The lowest BCUT2D eigenvalue weighted by atomic mass is 10.2. The van der Waals surface area contributed by atoms with Crippen molar-refractivity contribution in [3.05, 3.63) is 12.7 Å². The Labute approximate surface area is 103 Å². The highest BCUT2D eigenvalue weighted by Gasteiger charge is 2.34. The third kappa shape index (κ3) is 1.62. The minimum absolute atomic E-state index is 0.0477. The van der Waals surface area contributed by atoms with E-state index < -0.39 is 0 Å². The lowest BCUT2D eigenvalue weighted by Crippen LogP contribution is -2.27. The molecule has 0 aromatic carbocycles. The van der Waals surface area contributed by atoms with Crippen LogP contribution in [0.25, 0.3) is 11.2 Å². The van der Waals surface area contributed by atoms with Crippen LogP contribution in [0.1, 0.15) is 12.6 Å². The van der Waals surface area contributed by atoms with E-state index in [2.05, 4.69) is 15.0 Å². The molecule has 3 atom stereocenters. The van der Waals surface area contributed by atoms with Gasteiger partial charge in [0.25, 0.3) is 0 Å². The van der Waals surface area contributed by atoms with Gasteiger partial charge in [0.1, 0.15) is 11.8 Å². The average Bonchev–Trinajstić information content (AvgIpc) is 2.93. The topological polar surface area (TPSA) is 125 Å². The third-order valence-corrected chi connectivity index (χ3v) is 3.10. The van der Waals surface area contributed by atoms with E-state index in [1.165, 1.54) is 6.33 Å². The van der Waals surface area contributed by atoms with Gasteiger partial charge < -0.3 is 21.3 Å². The molecular weight excluding hydrogens is 236 g/mol. The van der Waals surface area contributed by atoms with Gasteiger partial charge in [0.15, 0.2) is 17.7 Å². The van der Waals surface area contributed by atoms with Crippen LogP contribution in [0.2, 0.25) is 0 Å². The van der Waals surface area contributed by atoms with Gasteiger partial charge in [-0.1, -0.05) is 0 Å². The number of fused-ring (bicyclic) bond motifs is 1. The highest BCUT2D eigenvalue weighted by atomic mass is 16.5. The number of aliphatic hydroxyl groups excluding tert-OH is 1. The van der Waals surface area contributed by atoms with E-state index in [0.29, 0.717) is 23.4 Å². The number of hydrogen-bond acceptors (Lipinski definition) is 7. The smallest absolute Gasteiger partial charge is 0.167 e. The lowest BCUT2D eigenvalue weighted by Gasteiger charge is -2.16. The Morgan fingerprint density at radius 1 is 1.44 bits per heavy atom. The van der Waals surface area contributed by atoms with Crippen LogP contribution in [-0.2, 0) is 4.74 Å². The van der Waals surface area contributed by atoms with Gasteiger partial charge in [0.2, 0.25) is 0 Å². The van der Waals surface area contributed by atoms with Gasteiger partial charge in [-0.15, -0.1) is 0 Å². The molecule has 0 spiro atoms. The van der Waals surface area contributed by atoms with Gasteiger partial charge >= 0.3 is 0 Å². The molecule has 8 nitrogen and oxygen atoms in total. The minimum Gasteiger partial charge on any atom is -0.394 e. The van der Waals surface area contributed by atoms with Gasteiger partial charge in [-0.05, 0) is 6.42 Å². The number of nitrogens with two attached hydrogens (primary N) is 2. The molecule has 1 aliphatic heterocycles. The Bertz CT molecular complexity index is 570. The molecule has 0 bridgehead atoms. The van der Waals surface area contributed by atoms with Crippen LogP contribution in [0.4, 0.5) is 5.82 Å². The molecule has 0 saturated carbocycles. The zero-order valence-electron chi connectivity index (χ0n) is 9.60. The fraction of sp³-hybridized carbons (Fsp3) is 0.500. The first-order valence-electron chi connectivity index (χ1n) is 5.65. The van der Waals surface area contributed by atoms with Crippen molar-refractivity contribution >= 4 is 17.0 Å². The zero-order valence-corrected chi connectivity index (χ0v) is 9.60. The minimum atomic E-state index is -0.388. The molecule has 0 unspecified atom stereocenters. The Morgan fingerprint density at radius 3 is 3.00 bits per heavy atom. The van der Waals surface area contributed by atoms with E-state index in [1.807, 2.05) is 0 Å². The molecule has 8 heteroatoms. The van der Waals surface area contributed by atoms with E-state index in [1.54, 1.807) is 10.9 Å². The fourth-order valence-electron chi connectivity index (χ4n) is 2.22. The first kappa shape index (κ1) is 11.3. The molecule has 0 radical (unpaired) electrons. The van der Waals surface area contributed by atoms with Crippen molar-refractivity contribution in [2.45, 2.75) is 24.8 Å². The molecular formula is C10H14N6O2. The predicted molar refractivity (Wildman–Crippen MR) is 63.3 cm³/mol. The number of nitrogens with zero attached hydrogens (tertiary/aromatic N) is 4. The molecule has 2 aromatic rings. The standard InChI is InChI=1S/C10H14N6O2/c11-6-1-5(2-17)18-10(6)16-4-15-7-8(12)13-3-14-9(7)16/h3-6,10,17H,1-2,11H2,(H2,12,13,14)/t5-,6-,10+/m0/s1. The van der Waals surface area contributed by atoms with Gasteiger partial charge in [-0.3, -0.25) is 4.57 Å². The normalized spacial score (nSPS) is 28.0. The van der Waals surface area contributed by atoms with Crippen molar-refractivity contribution in [2.75, 3.05) is 12.3 Å². The number of nitrogen functional groups attached to an aromatic ring is 1. The summed E-state index contributed by atoms with van der Waals surface area (Å²) in [6.45, 7) is -0.0477. The number of imidazole rings is 1. The van der Waals surface area contributed by atoms with Crippen LogP contribution in [-0.4, -0.2) is 43.4 Å². The SMILES string of the molecule is Nc1ncnc2c1ncn2[C@@H]1O[C@H](CO)C[C@@H]1N. The molecule has 0 amide bonds. The van der Waals surface area contributed by atoms with Crippen molar-refractivity contribution in [3.63, 3.8) is 0 Å². The maximum absolute atomic E-state index is 9.11. The van der Waals surface area contributed by atoms with Crippen molar-refractivity contribution in [1.82, 2.24) is 19.5 Å². The van der Waals surface area contributed by atoms with Crippen molar-refractivity contribution in [1.29, 1.82) is 0 Å². The summed E-state index contributed by atoms with van der Waals surface area (Å²) in [6.07, 6.45) is 2.92. The Balaban J connectivity index is 2.02. The van der Waals surface area contributed by atoms with Crippen LogP contribution in [0.15, 0.2) is 12.7 Å². The van der Waals surface area contributed by atoms with E-state index >= 15 is 0 Å². The van der Waals surface area contributed by atoms with Gasteiger partial charge in [0, 0.05) is 0 Å². The summed E-state index contributed by atoms with van der Waals surface area (Å²) in [7, 11) is 0. The van der Waals surface area contributed by atoms with Gasteiger partial charge in [0.05, 0.1) is 25.1 Å². The van der Waals surface area contributed by atoms with Gasteiger partial charge in [-0.25, -0.2) is 15.0 Å². The second kappa shape index (κ2) is 4.16. The number of hydrogen-bond donors (Lipinski definition) is 3. The van der Waals surface area contributed by atoms with Crippen molar-refractivity contribution < 1.29 is 9.84 Å². The first-order chi connectivity index (χ1) is 8.70. The zero-order chi connectivity index (χ0) is 12.7. The van der Waals surface area contributed by atoms with Gasteiger partial charge in [-0.2, -0.15) is 0 Å². The second-order valence-electron chi connectivity index (χ2n) is 4.31. The van der Waals surface area contributed by atoms with Crippen molar-refractivity contribution in [2.24, 2.45) is 5.73 Å². The molecule has 1 aliphatic rings. The second-order valence-corrected chi connectivity index (χ2v) is 4.31. The monoisotopic (exact) mass is 250 g/mol. The molecule has 0 aliphatic carbocycles. The van der Waals surface area contributed by atoms with Crippen LogP contribution in [0.5, 0.6) is 0 Å². The Hall–Kier alpha value is -1.77. The maximum Gasteiger partial charge on any atom is 0.167 e. The molecule has 3 rings (SSSR count). The van der Waals surface area contributed by atoms with Crippen LogP contribution < -0.4 is 11.5 Å². The van der Waals surface area contributed by atoms with Crippen molar-refractivity contribution in [3.8, 4) is 0 Å². The van der Waals surface area contributed by atoms with E-state index in [-0.39, 0.29) is 25.0 Å². The molecule has 1 fully saturated rings. The largest absolute Gasteiger partial charge is 0.394 e. The lowest BCUT2D eigenvalue weighted by molar-refractivity contribution is -0.0239. The van der Waals surface area contributed by atoms with E-state index in [0.717, 1.165) is 0 Å². The maximum atomic E-state index is 9.11. The molecule has 1 saturated heterocycles.